The fourth-order valence-corrected chi connectivity index (χ4v) is 6.01. The van der Waals surface area contributed by atoms with Gasteiger partial charge < -0.3 is 31.3 Å². The summed E-state index contributed by atoms with van der Waals surface area (Å²) in [4.78, 5) is 91.3. The Kier molecular flexibility index (Phi) is 15.5. The highest BCUT2D eigenvalue weighted by molar-refractivity contribution is 6.12. The largest absolute Gasteiger partial charge is 0.480 e. The number of hydrogen-bond donors (Lipinski definition) is 5. The lowest BCUT2D eigenvalue weighted by atomic mass is 9.76. The van der Waals surface area contributed by atoms with Gasteiger partial charge in [-0.3, -0.25) is 33.7 Å². The van der Waals surface area contributed by atoms with E-state index in [2.05, 4.69) is 21.3 Å². The average molecular weight is 725 g/mol. The molecule has 2 rings (SSSR count). The van der Waals surface area contributed by atoms with Crippen molar-refractivity contribution in [3.63, 3.8) is 0 Å². The zero-order valence-electron chi connectivity index (χ0n) is 32.0. The first-order valence-electron chi connectivity index (χ1n) is 17.5. The second-order valence-electron chi connectivity index (χ2n) is 15.1. The summed E-state index contributed by atoms with van der Waals surface area (Å²) in [6.45, 7) is 14.7. The van der Waals surface area contributed by atoms with Crippen molar-refractivity contribution in [2.75, 3.05) is 27.2 Å². The first kappa shape index (κ1) is 43.3. The van der Waals surface area contributed by atoms with Crippen LogP contribution in [0.1, 0.15) is 73.8 Å². The lowest BCUT2D eigenvalue weighted by Crippen LogP contribution is -2.61. The van der Waals surface area contributed by atoms with Crippen LogP contribution in [0.3, 0.4) is 0 Å². The van der Waals surface area contributed by atoms with Gasteiger partial charge in [-0.15, -0.1) is 0 Å². The Hall–Kier alpha value is -4.85. The molecule has 0 radical (unpaired) electrons. The molecule has 6 amide bonds. The van der Waals surface area contributed by atoms with E-state index in [1.807, 2.05) is 78.8 Å². The normalized spacial score (nSPS) is 15.9. The van der Waals surface area contributed by atoms with Crippen molar-refractivity contribution >= 4 is 41.4 Å². The van der Waals surface area contributed by atoms with Crippen LogP contribution in [0.4, 0.5) is 0 Å². The quantitative estimate of drug-likeness (QED) is 0.111. The summed E-state index contributed by atoms with van der Waals surface area (Å²) in [6, 6.07) is 6.07. The number of nitrogens with zero attached hydrogens (tertiary/aromatic N) is 2. The third-order valence-electron chi connectivity index (χ3n) is 9.27. The van der Waals surface area contributed by atoms with E-state index in [0.717, 1.165) is 22.6 Å². The first-order chi connectivity index (χ1) is 24.1. The van der Waals surface area contributed by atoms with Crippen LogP contribution in [-0.4, -0.2) is 108 Å². The summed E-state index contributed by atoms with van der Waals surface area (Å²) in [5.74, 6) is -4.35. The molecule has 5 N–H and O–H groups in total. The van der Waals surface area contributed by atoms with E-state index in [1.165, 1.54) is 11.8 Å². The van der Waals surface area contributed by atoms with Crippen LogP contribution < -0.4 is 21.3 Å². The molecule has 0 aliphatic carbocycles. The van der Waals surface area contributed by atoms with Gasteiger partial charge in [0, 0.05) is 49.7 Å². The molecule has 0 spiro atoms. The number of likely N-dealkylation sites (N-methyl/N-ethyl adjacent to an activating group) is 2. The first-order valence-corrected chi connectivity index (χ1v) is 17.5. The summed E-state index contributed by atoms with van der Waals surface area (Å²) in [5, 5.41) is 20.9. The molecular formula is C38H56N6O8. The van der Waals surface area contributed by atoms with Gasteiger partial charge in [0.05, 0.1) is 12.1 Å². The van der Waals surface area contributed by atoms with Crippen LogP contribution in [0.2, 0.25) is 0 Å². The Morgan fingerprint density at radius 1 is 0.923 bits per heavy atom. The molecule has 0 saturated heterocycles. The van der Waals surface area contributed by atoms with E-state index >= 15 is 0 Å². The van der Waals surface area contributed by atoms with Crippen LogP contribution >= 0.6 is 0 Å². The van der Waals surface area contributed by atoms with Crippen LogP contribution in [0.15, 0.2) is 54.1 Å². The molecule has 1 unspecified atom stereocenters. The Bertz CT molecular complexity index is 1530. The zero-order valence-corrected chi connectivity index (χ0v) is 32.0. The predicted molar refractivity (Wildman–Crippen MR) is 197 cm³/mol. The molecule has 14 nitrogen and oxygen atoms in total. The van der Waals surface area contributed by atoms with E-state index < -0.39 is 64.6 Å². The molecule has 1 aliphatic rings. The predicted octanol–water partition coefficient (Wildman–Crippen LogP) is 1.90. The number of carboxylic acid groups (broad SMARTS) is 1. The molecule has 0 saturated carbocycles. The molecule has 0 aromatic heterocycles. The highest BCUT2D eigenvalue weighted by Gasteiger charge is 2.41. The molecule has 0 bridgehead atoms. The number of aliphatic carboxylic acids is 1. The maximum Gasteiger partial charge on any atom is 0.326 e. The maximum atomic E-state index is 14.2. The van der Waals surface area contributed by atoms with Crippen molar-refractivity contribution in [1.29, 1.82) is 0 Å². The van der Waals surface area contributed by atoms with E-state index in [-0.39, 0.29) is 49.2 Å². The average Bonchev–Trinajstić information content (AvgIpc) is 3.39. The van der Waals surface area contributed by atoms with Crippen molar-refractivity contribution in [3.8, 4) is 0 Å². The molecule has 14 heteroatoms. The van der Waals surface area contributed by atoms with Crippen molar-refractivity contribution in [1.82, 2.24) is 31.1 Å². The van der Waals surface area contributed by atoms with Gasteiger partial charge in [-0.25, -0.2) is 4.79 Å². The van der Waals surface area contributed by atoms with E-state index in [4.69, 9.17) is 0 Å². The number of carbonyl (C=O) groups is 7. The number of imide groups is 1. The smallest absolute Gasteiger partial charge is 0.326 e. The Labute approximate surface area is 306 Å². The van der Waals surface area contributed by atoms with Gasteiger partial charge in [0.2, 0.25) is 23.6 Å². The van der Waals surface area contributed by atoms with Crippen LogP contribution in [-0.2, 0) is 39.0 Å². The summed E-state index contributed by atoms with van der Waals surface area (Å²) in [5.41, 5.74) is -0.179. The van der Waals surface area contributed by atoms with Gasteiger partial charge in [-0.1, -0.05) is 84.9 Å². The van der Waals surface area contributed by atoms with Crippen molar-refractivity contribution in [3.05, 3.63) is 59.7 Å². The minimum absolute atomic E-state index is 0.00569. The second kappa shape index (κ2) is 18.6. The van der Waals surface area contributed by atoms with Gasteiger partial charge in [-0.05, 0) is 37.3 Å². The number of carbonyl (C=O) groups excluding carboxylic acids is 6. The van der Waals surface area contributed by atoms with Crippen LogP contribution in [0, 0.1) is 11.3 Å². The topological polar surface area (TPSA) is 194 Å². The standard InChI is InChI=1S/C38H56N6O8/c1-23(2)27(22-24(3)33(48)41-26(36(51)52)16-17-28(45)40-20-21-44-29(46)18-19-30(44)47)43(10)35(50)32(37(4,5)6)42-34(49)31(39-9)38(7,8)25-14-12-11-13-15-25/h11-15,18-19,22-23,26-27,31-32,39H,16-17,20-21H2,1-10H3,(H,40,45)(H,41,48)(H,42,49)(H,51,52)/b24-22+/t26-,27+,31+,32?/m0/s1. The third-order valence-corrected chi connectivity index (χ3v) is 9.27. The van der Waals surface area contributed by atoms with E-state index in [9.17, 15) is 38.7 Å². The number of benzene rings is 1. The molecule has 286 valence electrons. The summed E-state index contributed by atoms with van der Waals surface area (Å²) >= 11 is 0. The monoisotopic (exact) mass is 724 g/mol. The number of hydrogen-bond acceptors (Lipinski definition) is 8. The molecule has 0 fully saturated rings. The van der Waals surface area contributed by atoms with E-state index in [1.54, 1.807) is 20.2 Å². The molecule has 1 aliphatic heterocycles. The number of carboxylic acids is 1. The molecule has 52 heavy (non-hydrogen) atoms. The fraction of sp³-hybridized carbons (Fsp3) is 0.553. The highest BCUT2D eigenvalue weighted by Crippen LogP contribution is 2.29. The lowest BCUT2D eigenvalue weighted by Gasteiger charge is -2.40. The van der Waals surface area contributed by atoms with Crippen molar-refractivity contribution in [2.45, 2.75) is 97.8 Å². The fourth-order valence-electron chi connectivity index (χ4n) is 6.01. The van der Waals surface area contributed by atoms with Gasteiger partial charge in [0.1, 0.15) is 12.1 Å². The summed E-state index contributed by atoms with van der Waals surface area (Å²) < 4.78 is 0. The Balaban J connectivity index is 2.14. The van der Waals surface area contributed by atoms with Crippen LogP contribution in [0.25, 0.3) is 0 Å². The molecular weight excluding hydrogens is 668 g/mol. The summed E-state index contributed by atoms with van der Waals surface area (Å²) in [6.07, 6.45) is 3.42. The molecule has 1 heterocycles. The summed E-state index contributed by atoms with van der Waals surface area (Å²) in [7, 11) is 3.31. The van der Waals surface area contributed by atoms with Crippen molar-refractivity contribution in [2.24, 2.45) is 11.3 Å². The van der Waals surface area contributed by atoms with Gasteiger partial charge in [0.25, 0.3) is 11.8 Å². The Morgan fingerprint density at radius 3 is 2.00 bits per heavy atom. The zero-order chi connectivity index (χ0) is 39.6. The number of amides is 6. The maximum absolute atomic E-state index is 14.2. The number of rotatable bonds is 18. The minimum atomic E-state index is -1.38. The SMILES string of the molecule is CN[C@H](C(=O)NC(C(=O)N(C)[C@H](/C=C(\C)C(=O)N[C@@H](CCC(=O)NCCN1C(=O)C=CC1=O)C(=O)O)C(C)C)C(C)(C)C)C(C)(C)c1ccccc1. The van der Waals surface area contributed by atoms with Gasteiger partial charge >= 0.3 is 5.97 Å². The van der Waals surface area contributed by atoms with Gasteiger partial charge in [-0.2, -0.15) is 0 Å². The Morgan fingerprint density at radius 2 is 1.50 bits per heavy atom. The molecule has 1 aromatic rings. The van der Waals surface area contributed by atoms with E-state index in [0.29, 0.717) is 0 Å². The number of nitrogens with one attached hydrogen (secondary N) is 4. The third kappa shape index (κ3) is 11.6. The van der Waals surface area contributed by atoms with Gasteiger partial charge in [0.15, 0.2) is 0 Å². The second-order valence-corrected chi connectivity index (χ2v) is 15.1. The lowest BCUT2D eigenvalue weighted by molar-refractivity contribution is -0.142. The molecule has 4 atom stereocenters. The van der Waals surface area contributed by atoms with Crippen molar-refractivity contribution < 1.29 is 38.7 Å². The molecule has 1 aromatic carbocycles. The minimum Gasteiger partial charge on any atom is -0.480 e. The van der Waals surface area contributed by atoms with Crippen LogP contribution in [0.5, 0.6) is 0 Å². The highest BCUT2D eigenvalue weighted by atomic mass is 16.4.